The summed E-state index contributed by atoms with van der Waals surface area (Å²) in [4.78, 5) is 0.718. The summed E-state index contributed by atoms with van der Waals surface area (Å²) in [6, 6.07) is -48.1. The van der Waals surface area contributed by atoms with Gasteiger partial charge in [0, 0.05) is 67.0 Å². The van der Waals surface area contributed by atoms with Crippen LogP contribution in [0.25, 0.3) is 189 Å². The van der Waals surface area contributed by atoms with E-state index in [9.17, 15) is 48.0 Å². The molecule has 0 amide bonds. The lowest BCUT2D eigenvalue weighted by Crippen LogP contribution is -2.09. The van der Waals surface area contributed by atoms with Crippen LogP contribution in [0.5, 0.6) is 0 Å². The molecule has 2 aromatic heterocycles. The van der Waals surface area contributed by atoms with Crippen molar-refractivity contribution in [1.29, 1.82) is 0 Å². The highest BCUT2D eigenvalue weighted by Crippen LogP contribution is 2.45. The third kappa shape index (κ3) is 16.8. The van der Waals surface area contributed by atoms with Gasteiger partial charge in [0.25, 0.3) is 0 Å². The number of para-hydroxylation sites is 2. The fraction of sp³-hybridized carbons (Fsp3) is 0. The molecule has 0 unspecified atom stereocenters. The molecule has 0 fully saturated rings. The van der Waals surface area contributed by atoms with Crippen LogP contribution in [0.4, 0.5) is 34.1 Å². The summed E-state index contributed by atoms with van der Waals surface area (Å²) in [7, 11) is 0. The molecular weight excluding hydrogens is 1640 g/mol. The number of rotatable bonds is 20. The van der Waals surface area contributed by atoms with Crippen molar-refractivity contribution in [3.63, 3.8) is 0 Å². The highest BCUT2D eigenvalue weighted by molar-refractivity contribution is 6.12. The molecule has 0 aliphatic rings. The zero-order valence-corrected chi connectivity index (χ0v) is 69.2. The molecule has 4 nitrogen and oxygen atoms in total. The van der Waals surface area contributed by atoms with Crippen LogP contribution in [0.15, 0.2) is 556 Å². The first-order chi connectivity index (χ1) is 98.3. The van der Waals surface area contributed by atoms with Crippen molar-refractivity contribution in [2.24, 2.45) is 0 Å². The monoisotopic (exact) mass is 1810 g/mol. The minimum absolute atomic E-state index is 0.155. The fourth-order valence-electron chi connectivity index (χ4n) is 14.6. The van der Waals surface area contributed by atoms with Crippen molar-refractivity contribution in [3.8, 4) is 145 Å². The maximum atomic E-state index is 9.99. The summed E-state index contributed by atoms with van der Waals surface area (Å²) in [5.74, 6) is 0. The summed E-state index contributed by atoms with van der Waals surface area (Å²) in [6.07, 6.45) is 0. The molecule has 0 saturated heterocycles. The van der Waals surface area contributed by atoms with Gasteiger partial charge >= 0.3 is 0 Å². The number of hydrogen-bond acceptors (Lipinski definition) is 2. The molecule has 0 aliphatic heterocycles. The number of fused-ring (bicyclic) bond motifs is 6. The summed E-state index contributed by atoms with van der Waals surface area (Å²) < 4.78 is 675. The van der Waals surface area contributed by atoms with Crippen LogP contribution in [0, 0.1) is 0 Å². The van der Waals surface area contributed by atoms with Crippen LogP contribution in [-0.4, -0.2) is 9.13 Å². The van der Waals surface area contributed by atoms with E-state index in [1.165, 1.54) is 0 Å². The van der Waals surface area contributed by atoms with E-state index < -0.39 is 620 Å². The largest absolute Gasteiger partial charge is 0.311 e. The van der Waals surface area contributed by atoms with Crippen molar-refractivity contribution in [2.45, 2.75) is 0 Å². The normalized spacial score (nSPS) is 18.9. The van der Waals surface area contributed by atoms with Crippen LogP contribution >= 0.6 is 0 Å². The van der Waals surface area contributed by atoms with E-state index >= 15 is 0 Å². The predicted molar refractivity (Wildman–Crippen MR) is 576 cm³/mol. The smallest absolute Gasteiger partial charge is 0.0651 e. The zero-order chi connectivity index (χ0) is 155. The fourth-order valence-corrected chi connectivity index (χ4v) is 14.6. The second kappa shape index (κ2) is 37.1. The van der Waals surface area contributed by atoms with E-state index in [2.05, 4.69) is 0 Å². The second-order valence-corrected chi connectivity index (χ2v) is 28.9. The SMILES string of the molecule is [2H]c1cc(-c2c([2H])c([2H])c([2H])c(-c3c([2H])c([2H])c([2H])c([2H])c3[2H])c2[2H])c([2H])c([2H])c1N(c1c([2H])c([2H])c(-c2c([2H])c([2H])c(-c3c([2H])c([2H])c([2H])c([2H])c3[2H])c([2H])c2[2H])c([2H])c1[2H])c1c([2H])c([2H])c(-c2c([2H])c([2H])c3c(c2[2H])c2c([2H])c([2H])c([2H])c([2H])c2n3-c2c([2H])c([2H])c([2H])c(-c3c([2H])c([2H])c([2H])c([2H])c3[2H])c2[2H])c([2H])c1[2H].[2H]c1cc(-c2c([2H])c([2H])c([2H])c(-c3c([2H])c([2H])c([2H])c([2H])c3[2H])c2[2H])c([2H])c([2H])c1N(c1c([2H])c([2H])c(-c2ccc3c(c2)c2ccccc2n3-c2cccc(-c3ccccc3)c2)c([2H])c1[2H])c1c([2H])c([2H])c(-c2c([2H])c([2H])c(-c3c([2H])c([2H])c([2H])c([2H])c3[2H])c([2H])c2[2H])c([2H])c1[2H]. The van der Waals surface area contributed by atoms with Gasteiger partial charge < -0.3 is 18.9 Å². The molecule has 24 aromatic rings. The van der Waals surface area contributed by atoms with E-state index in [0.29, 0.717) is 26.4 Å². The summed E-state index contributed by atoms with van der Waals surface area (Å²) in [5, 5.41) is -0.263. The average molecular weight is 1810 g/mol. The van der Waals surface area contributed by atoms with Gasteiger partial charge in [0.05, 0.1) is 124 Å². The van der Waals surface area contributed by atoms with Gasteiger partial charge in [-0.2, -0.15) is 0 Å². The zero-order valence-electron chi connectivity index (χ0n) is 143. The number of anilines is 6. The minimum Gasteiger partial charge on any atom is -0.311 e. The Morgan fingerprint density at radius 1 is 0.140 bits per heavy atom. The molecule has 136 heavy (non-hydrogen) atoms. The first-order valence-electron chi connectivity index (χ1n) is 77.6. The Morgan fingerprint density at radius 2 is 0.449 bits per heavy atom. The molecule has 0 aliphatic carbocycles. The lowest BCUT2D eigenvalue weighted by Gasteiger charge is -2.26. The van der Waals surface area contributed by atoms with Crippen LogP contribution in [0.3, 0.4) is 0 Å². The van der Waals surface area contributed by atoms with Crippen molar-refractivity contribution >= 4 is 77.7 Å². The van der Waals surface area contributed by atoms with Gasteiger partial charge in [0.15, 0.2) is 0 Å². The second-order valence-electron chi connectivity index (χ2n) is 28.9. The van der Waals surface area contributed by atoms with Gasteiger partial charge in [-0.3, -0.25) is 0 Å². The van der Waals surface area contributed by atoms with Crippen molar-refractivity contribution < 1.29 is 101 Å². The van der Waals surface area contributed by atoms with Crippen LogP contribution < -0.4 is 9.80 Å². The van der Waals surface area contributed by atoms with Crippen LogP contribution in [0.2, 0.25) is 0 Å². The van der Waals surface area contributed by atoms with Gasteiger partial charge in [0.1, 0.15) is 0 Å². The molecule has 0 N–H and O–H groups in total. The molecule has 0 spiro atoms. The topological polar surface area (TPSA) is 16.3 Å². The van der Waals surface area contributed by atoms with E-state index in [1.807, 2.05) is 83.4 Å². The summed E-state index contributed by atoms with van der Waals surface area (Å²) in [5.41, 5.74) is -23.1. The minimum atomic E-state index is -1.47. The maximum Gasteiger partial charge on any atom is 0.0651 e. The molecular formula is C132H92N4. The average Bonchev–Trinajstić information content (AvgIpc) is 1.52. The molecule has 4 heteroatoms. The first kappa shape index (κ1) is 35.3. The molecule has 2 heterocycles. The summed E-state index contributed by atoms with van der Waals surface area (Å²) >= 11 is 0. The predicted octanol–water partition coefficient (Wildman–Crippen LogP) is 36.5. The van der Waals surface area contributed by atoms with E-state index in [-0.39, 0.29) is 16.0 Å². The third-order valence-electron chi connectivity index (χ3n) is 20.8. The van der Waals surface area contributed by atoms with E-state index in [1.54, 1.807) is 18.2 Å². The quantitative estimate of drug-likeness (QED) is 0.0756. The Kier molecular flexibility index (Phi) is 9.63. The Balaban J connectivity index is 0.000000216. The number of aromatic nitrogens is 2. The Labute approximate surface area is 898 Å². The molecule has 640 valence electrons. The molecule has 22 aromatic carbocycles. The Morgan fingerprint density at radius 3 is 0.919 bits per heavy atom. The van der Waals surface area contributed by atoms with E-state index in [0.717, 1.165) is 33.8 Å². The summed E-state index contributed by atoms with van der Waals surface area (Å²) in [6.45, 7) is 0. The lowest BCUT2D eigenvalue weighted by molar-refractivity contribution is 1.18. The van der Waals surface area contributed by atoms with Gasteiger partial charge in [0.2, 0.25) is 0 Å². The molecule has 0 radical (unpaired) electrons. The molecule has 0 bridgehead atoms. The highest BCUT2D eigenvalue weighted by Gasteiger charge is 2.22. The van der Waals surface area contributed by atoms with E-state index in [4.69, 9.17) is 53.5 Å². The number of hydrogen-bond donors (Lipinski definition) is 0. The molecule has 0 atom stereocenters. The van der Waals surface area contributed by atoms with Gasteiger partial charge in [-0.25, -0.2) is 0 Å². The van der Waals surface area contributed by atoms with Crippen molar-refractivity contribution in [1.82, 2.24) is 9.13 Å². The van der Waals surface area contributed by atoms with Gasteiger partial charge in [-0.05, 0) is 279 Å². The maximum absolute atomic E-state index is 9.99. The standard InChI is InChI=1S/2C66H46N2/c2*1-4-14-47(15-5-1)50-26-28-51(29-27-50)52-30-37-59(38-31-52)67(60-39-32-53(33-40-60)56-21-12-20-55(44-56)48-16-6-2-7-17-48)61-41-34-54(35-42-61)58-36-43-66-64(46-58)63-24-10-11-25-65(63)68(66)62-23-13-22-57(45-62)49-18-8-3-9-19-49/h2*1-46H/i1D,2D,3D,4D,5D,6D,7D,8D,9D,10D,11D,12D,13D,14D,15D,16D,17D,18D,19D,20D,21D,22D,23D,24D,25D,26D,27D,28D,29D,30D,31D,32D,34D,35D,36D,37D,38D,39D,40D,41D,42D,43D,44D,45D,46D;1D,2D,4D,5D,6D,7D,12D,14D,15D,16D,17D,20D,21D,26D,27D,28D,29D,30D,31D,32D,34D,35D,37D,38D,39D,40D,41D,42D,44D. The lowest BCUT2D eigenvalue weighted by atomic mass is 9.98. The third-order valence-corrected chi connectivity index (χ3v) is 20.8. The van der Waals surface area contributed by atoms with Crippen LogP contribution in [0.1, 0.15) is 101 Å². The van der Waals surface area contributed by atoms with Gasteiger partial charge in [-0.15, -0.1) is 0 Å². The number of benzene rings is 22. The van der Waals surface area contributed by atoms with Crippen molar-refractivity contribution in [3.05, 3.63) is 556 Å². The number of nitrogens with zero attached hydrogens (tertiary/aromatic N) is 4. The molecule has 0 saturated carbocycles. The van der Waals surface area contributed by atoms with Crippen molar-refractivity contribution in [2.75, 3.05) is 9.80 Å². The first-order valence-corrected chi connectivity index (χ1v) is 40.6. The Bertz CT molecular complexity index is 13000. The van der Waals surface area contributed by atoms with Gasteiger partial charge in [-0.1, -0.05) is 411 Å². The Hall–Kier alpha value is -18.0. The molecule has 24 rings (SSSR count). The van der Waals surface area contributed by atoms with Crippen LogP contribution in [-0.2, 0) is 0 Å². The highest BCUT2D eigenvalue weighted by atomic mass is 15.1.